The first-order valence-electron chi connectivity index (χ1n) is 9.33. The number of carbonyl (C=O) groups excluding carboxylic acids is 2. The predicted molar refractivity (Wildman–Crippen MR) is 105 cm³/mol. The quantitative estimate of drug-likeness (QED) is 0.766. The van der Waals surface area contributed by atoms with E-state index >= 15 is 0 Å². The molecule has 0 aromatic heterocycles. The second kappa shape index (κ2) is 9.96. The van der Waals surface area contributed by atoms with Crippen molar-refractivity contribution in [2.24, 2.45) is 0 Å². The number of morpholine rings is 1. The number of hydrogen-bond donors (Lipinski definition) is 2. The van der Waals surface area contributed by atoms with Gasteiger partial charge in [-0.25, -0.2) is 4.39 Å². The zero-order chi connectivity index (χ0) is 19.8. The summed E-state index contributed by atoms with van der Waals surface area (Å²) in [5, 5.41) is 5.61. The van der Waals surface area contributed by atoms with Crippen molar-refractivity contribution in [1.82, 2.24) is 10.2 Å². The monoisotopic (exact) mass is 385 g/mol. The van der Waals surface area contributed by atoms with Crippen LogP contribution in [0.1, 0.15) is 15.9 Å². The fourth-order valence-corrected chi connectivity index (χ4v) is 2.98. The van der Waals surface area contributed by atoms with Gasteiger partial charge in [-0.1, -0.05) is 18.2 Å². The van der Waals surface area contributed by atoms with Gasteiger partial charge in [-0.3, -0.25) is 14.5 Å². The van der Waals surface area contributed by atoms with Gasteiger partial charge in [-0.05, 0) is 35.9 Å². The Hall–Kier alpha value is -2.77. The van der Waals surface area contributed by atoms with E-state index in [1.807, 2.05) is 0 Å². The third kappa shape index (κ3) is 5.87. The number of amides is 2. The zero-order valence-electron chi connectivity index (χ0n) is 15.6. The standard InChI is InChI=1S/C21H24FN3O3/c22-19-4-2-1-3-17(19)15-20(26)24-18-7-5-16(6-8-18)21(27)23-9-10-25-11-13-28-14-12-25/h1-8H,9-15H2,(H,23,27)(H,24,26). The SMILES string of the molecule is O=C(Cc1ccccc1F)Nc1ccc(C(=O)NCCN2CCOCC2)cc1. The van der Waals surface area contributed by atoms with Crippen molar-refractivity contribution in [3.05, 3.63) is 65.5 Å². The van der Waals surface area contributed by atoms with Crippen molar-refractivity contribution in [1.29, 1.82) is 0 Å². The van der Waals surface area contributed by atoms with Gasteiger partial charge in [0.25, 0.3) is 5.91 Å². The highest BCUT2D eigenvalue weighted by molar-refractivity contribution is 5.96. The molecule has 28 heavy (non-hydrogen) atoms. The van der Waals surface area contributed by atoms with Crippen LogP contribution in [0.4, 0.5) is 10.1 Å². The van der Waals surface area contributed by atoms with Crippen molar-refractivity contribution >= 4 is 17.5 Å². The lowest BCUT2D eigenvalue weighted by Crippen LogP contribution is -2.41. The normalized spacial score (nSPS) is 14.5. The first kappa shape index (κ1) is 20.0. The number of halogens is 1. The number of nitrogens with zero attached hydrogens (tertiary/aromatic N) is 1. The van der Waals surface area contributed by atoms with E-state index in [0.717, 1.165) is 32.8 Å². The topological polar surface area (TPSA) is 70.7 Å². The summed E-state index contributed by atoms with van der Waals surface area (Å²) in [4.78, 5) is 26.5. The molecule has 6 nitrogen and oxygen atoms in total. The van der Waals surface area contributed by atoms with Gasteiger partial charge in [-0.15, -0.1) is 0 Å². The highest BCUT2D eigenvalue weighted by Crippen LogP contribution is 2.12. The molecule has 0 radical (unpaired) electrons. The Balaban J connectivity index is 1.45. The molecular formula is C21H24FN3O3. The molecule has 0 atom stereocenters. The van der Waals surface area contributed by atoms with Crippen LogP contribution >= 0.6 is 0 Å². The van der Waals surface area contributed by atoms with E-state index < -0.39 is 5.82 Å². The molecule has 2 aromatic carbocycles. The molecule has 3 rings (SSSR count). The third-order valence-corrected chi connectivity index (χ3v) is 4.56. The van der Waals surface area contributed by atoms with Crippen molar-refractivity contribution < 1.29 is 18.7 Å². The average Bonchev–Trinajstić information content (AvgIpc) is 2.71. The molecule has 1 heterocycles. The van der Waals surface area contributed by atoms with E-state index in [1.54, 1.807) is 42.5 Å². The number of benzene rings is 2. The molecule has 1 aliphatic heterocycles. The van der Waals surface area contributed by atoms with Crippen molar-refractivity contribution in [3.8, 4) is 0 Å². The summed E-state index contributed by atoms with van der Waals surface area (Å²) in [7, 11) is 0. The Kier molecular flexibility index (Phi) is 7.11. The lowest BCUT2D eigenvalue weighted by atomic mass is 10.1. The molecule has 1 saturated heterocycles. The van der Waals surface area contributed by atoms with E-state index in [9.17, 15) is 14.0 Å². The summed E-state index contributed by atoms with van der Waals surface area (Å²) < 4.78 is 18.9. The molecule has 148 valence electrons. The van der Waals surface area contributed by atoms with Crippen LogP contribution in [0.3, 0.4) is 0 Å². The van der Waals surface area contributed by atoms with Crippen molar-refractivity contribution in [3.63, 3.8) is 0 Å². The van der Waals surface area contributed by atoms with E-state index in [-0.39, 0.29) is 18.2 Å². The molecule has 2 N–H and O–H groups in total. The lowest BCUT2D eigenvalue weighted by Gasteiger charge is -2.26. The van der Waals surface area contributed by atoms with Crippen LogP contribution in [0.2, 0.25) is 0 Å². The molecular weight excluding hydrogens is 361 g/mol. The van der Waals surface area contributed by atoms with Gasteiger partial charge in [0.2, 0.25) is 5.91 Å². The van der Waals surface area contributed by atoms with Gasteiger partial charge < -0.3 is 15.4 Å². The minimum atomic E-state index is -0.401. The highest BCUT2D eigenvalue weighted by Gasteiger charge is 2.12. The largest absolute Gasteiger partial charge is 0.379 e. The molecule has 2 aromatic rings. The summed E-state index contributed by atoms with van der Waals surface area (Å²) >= 11 is 0. The third-order valence-electron chi connectivity index (χ3n) is 4.56. The number of rotatable bonds is 7. The Morgan fingerprint density at radius 1 is 1.04 bits per heavy atom. The highest BCUT2D eigenvalue weighted by atomic mass is 19.1. The number of nitrogens with one attached hydrogen (secondary N) is 2. The summed E-state index contributed by atoms with van der Waals surface area (Å²) in [5.41, 5.74) is 1.43. The van der Waals surface area contributed by atoms with Gasteiger partial charge in [-0.2, -0.15) is 0 Å². The second-order valence-corrected chi connectivity index (χ2v) is 6.60. The maximum Gasteiger partial charge on any atom is 0.251 e. The van der Waals surface area contributed by atoms with Crippen LogP contribution in [-0.4, -0.2) is 56.1 Å². The van der Waals surface area contributed by atoms with Crippen LogP contribution in [-0.2, 0) is 16.0 Å². The maximum absolute atomic E-state index is 13.6. The van der Waals surface area contributed by atoms with Gasteiger partial charge in [0, 0.05) is 37.4 Å². The molecule has 0 bridgehead atoms. The molecule has 7 heteroatoms. The minimum absolute atomic E-state index is 0.0452. The molecule has 0 aliphatic carbocycles. The van der Waals surface area contributed by atoms with Crippen molar-refractivity contribution in [2.45, 2.75) is 6.42 Å². The van der Waals surface area contributed by atoms with Gasteiger partial charge >= 0.3 is 0 Å². The molecule has 0 saturated carbocycles. The van der Waals surface area contributed by atoms with Gasteiger partial charge in [0.15, 0.2) is 0 Å². The molecule has 0 unspecified atom stereocenters. The fourth-order valence-electron chi connectivity index (χ4n) is 2.98. The smallest absolute Gasteiger partial charge is 0.251 e. The van der Waals surface area contributed by atoms with E-state index in [4.69, 9.17) is 4.74 Å². The Labute approximate surface area is 163 Å². The van der Waals surface area contributed by atoms with Crippen LogP contribution < -0.4 is 10.6 Å². The molecule has 2 amide bonds. The number of carbonyl (C=O) groups is 2. The Morgan fingerprint density at radius 2 is 1.75 bits per heavy atom. The Bertz CT molecular complexity index is 805. The zero-order valence-corrected chi connectivity index (χ0v) is 15.6. The Morgan fingerprint density at radius 3 is 2.46 bits per heavy atom. The predicted octanol–water partition coefficient (Wildman–Crippen LogP) is 2.07. The van der Waals surface area contributed by atoms with Crippen LogP contribution in [0.25, 0.3) is 0 Å². The average molecular weight is 385 g/mol. The van der Waals surface area contributed by atoms with Crippen LogP contribution in [0.5, 0.6) is 0 Å². The van der Waals surface area contributed by atoms with Gasteiger partial charge in [0.05, 0.1) is 19.6 Å². The van der Waals surface area contributed by atoms with E-state index in [2.05, 4.69) is 15.5 Å². The maximum atomic E-state index is 13.6. The number of hydrogen-bond acceptors (Lipinski definition) is 4. The summed E-state index contributed by atoms with van der Waals surface area (Å²) in [5.74, 6) is -0.868. The van der Waals surface area contributed by atoms with Gasteiger partial charge in [0.1, 0.15) is 5.82 Å². The van der Waals surface area contributed by atoms with Crippen molar-refractivity contribution in [2.75, 3.05) is 44.7 Å². The molecule has 1 fully saturated rings. The molecule has 1 aliphatic rings. The molecule has 0 spiro atoms. The van der Waals surface area contributed by atoms with E-state index in [1.165, 1.54) is 6.07 Å². The minimum Gasteiger partial charge on any atom is -0.379 e. The summed E-state index contributed by atoms with van der Waals surface area (Å²) in [6.45, 7) is 4.60. The number of anilines is 1. The summed E-state index contributed by atoms with van der Waals surface area (Å²) in [6.07, 6.45) is -0.0452. The number of ether oxygens (including phenoxy) is 1. The first-order chi connectivity index (χ1) is 13.6. The van der Waals surface area contributed by atoms with Crippen LogP contribution in [0, 0.1) is 5.82 Å². The van der Waals surface area contributed by atoms with Crippen LogP contribution in [0.15, 0.2) is 48.5 Å². The second-order valence-electron chi connectivity index (χ2n) is 6.60. The van der Waals surface area contributed by atoms with E-state index in [0.29, 0.717) is 23.4 Å². The lowest BCUT2D eigenvalue weighted by molar-refractivity contribution is -0.115. The fraction of sp³-hybridized carbons (Fsp3) is 0.333. The summed E-state index contributed by atoms with van der Waals surface area (Å²) in [6, 6.07) is 12.8. The first-order valence-corrected chi connectivity index (χ1v) is 9.33.